The number of carbonyl (C=O) groups is 2. The molecule has 1 aromatic heterocycles. The van der Waals surface area contributed by atoms with Crippen LogP contribution in [-0.2, 0) is 4.74 Å². The maximum atomic E-state index is 12.4. The number of carbonyl (C=O) groups excluding carboxylic acids is 2. The predicted octanol–water partition coefficient (Wildman–Crippen LogP) is 4.06. The topological polar surface area (TPSA) is 80.3 Å². The fourth-order valence-electron chi connectivity index (χ4n) is 3.21. The maximum Gasteiger partial charge on any atom is 0.338 e. The first-order valence-electron chi connectivity index (χ1n) is 9.47. The van der Waals surface area contributed by atoms with Crippen LogP contribution in [0.1, 0.15) is 59.9 Å². The number of hydrogen-bond donors (Lipinski definition) is 2. The zero-order chi connectivity index (χ0) is 19.1. The van der Waals surface area contributed by atoms with E-state index in [4.69, 9.17) is 4.74 Å². The lowest BCUT2D eigenvalue weighted by atomic mass is 9.95. The summed E-state index contributed by atoms with van der Waals surface area (Å²) in [7, 11) is 0. The molecule has 1 aromatic carbocycles. The molecule has 27 heavy (non-hydrogen) atoms. The smallest absolute Gasteiger partial charge is 0.338 e. The largest absolute Gasteiger partial charge is 0.462 e. The van der Waals surface area contributed by atoms with E-state index in [2.05, 4.69) is 15.6 Å². The quantitative estimate of drug-likeness (QED) is 0.753. The molecule has 3 rings (SSSR count). The van der Waals surface area contributed by atoms with Crippen molar-refractivity contribution in [1.29, 1.82) is 0 Å². The molecule has 6 nitrogen and oxygen atoms in total. The highest BCUT2D eigenvalue weighted by Gasteiger charge is 2.17. The second kappa shape index (κ2) is 9.16. The van der Waals surface area contributed by atoms with Crippen molar-refractivity contribution in [2.24, 2.45) is 0 Å². The maximum absolute atomic E-state index is 12.4. The minimum absolute atomic E-state index is 0.136. The molecule has 1 aliphatic rings. The van der Waals surface area contributed by atoms with E-state index in [0.717, 1.165) is 24.2 Å². The van der Waals surface area contributed by atoms with Crippen LogP contribution >= 0.6 is 0 Å². The molecule has 0 saturated heterocycles. The van der Waals surface area contributed by atoms with Crippen molar-refractivity contribution in [2.75, 3.05) is 11.9 Å². The molecular formula is C21H25N3O3. The average Bonchev–Trinajstić information content (AvgIpc) is 2.70. The van der Waals surface area contributed by atoms with Gasteiger partial charge in [-0.05, 0) is 56.2 Å². The first-order chi connectivity index (χ1) is 13.2. The summed E-state index contributed by atoms with van der Waals surface area (Å²) in [6, 6.07) is 10.8. The molecule has 0 unspecified atom stereocenters. The number of ether oxygens (including phenoxy) is 1. The molecule has 142 valence electrons. The minimum atomic E-state index is -0.338. The predicted molar refractivity (Wildman–Crippen MR) is 104 cm³/mol. The van der Waals surface area contributed by atoms with E-state index >= 15 is 0 Å². The van der Waals surface area contributed by atoms with Gasteiger partial charge in [0, 0.05) is 23.6 Å². The lowest BCUT2D eigenvalue weighted by molar-refractivity contribution is 0.0526. The lowest BCUT2D eigenvalue weighted by Crippen LogP contribution is -2.36. The van der Waals surface area contributed by atoms with Gasteiger partial charge in [0.15, 0.2) is 0 Å². The Kier molecular flexibility index (Phi) is 6.41. The van der Waals surface area contributed by atoms with E-state index in [1.165, 1.54) is 19.3 Å². The Bertz CT molecular complexity index is 784. The number of rotatable bonds is 6. The Balaban J connectivity index is 1.63. The molecule has 6 heteroatoms. The van der Waals surface area contributed by atoms with Crippen LogP contribution in [0.5, 0.6) is 0 Å². The number of amides is 1. The molecule has 0 bridgehead atoms. The van der Waals surface area contributed by atoms with Crippen LogP contribution in [0.4, 0.5) is 11.4 Å². The van der Waals surface area contributed by atoms with E-state index in [9.17, 15) is 9.59 Å². The molecule has 0 atom stereocenters. The van der Waals surface area contributed by atoms with E-state index in [0.29, 0.717) is 17.9 Å². The number of nitrogens with zero attached hydrogens (tertiary/aromatic N) is 1. The molecule has 0 radical (unpaired) electrons. The normalized spacial score (nSPS) is 14.4. The minimum Gasteiger partial charge on any atom is -0.462 e. The van der Waals surface area contributed by atoms with Gasteiger partial charge in [0.2, 0.25) is 0 Å². The van der Waals surface area contributed by atoms with Crippen molar-refractivity contribution >= 4 is 23.3 Å². The average molecular weight is 367 g/mol. The highest BCUT2D eigenvalue weighted by molar-refractivity contribution is 5.93. The molecule has 1 saturated carbocycles. The van der Waals surface area contributed by atoms with Crippen molar-refractivity contribution in [2.45, 2.75) is 45.1 Å². The van der Waals surface area contributed by atoms with Crippen LogP contribution in [-0.4, -0.2) is 29.5 Å². The summed E-state index contributed by atoms with van der Waals surface area (Å²) in [5, 5.41) is 6.31. The van der Waals surface area contributed by atoms with Gasteiger partial charge in [-0.2, -0.15) is 0 Å². The monoisotopic (exact) mass is 367 g/mol. The van der Waals surface area contributed by atoms with Gasteiger partial charge in [0.1, 0.15) is 5.69 Å². The van der Waals surface area contributed by atoms with Gasteiger partial charge in [-0.15, -0.1) is 0 Å². The number of esters is 1. The van der Waals surface area contributed by atoms with Gasteiger partial charge in [-0.25, -0.2) is 4.79 Å². The molecule has 1 aliphatic carbocycles. The van der Waals surface area contributed by atoms with E-state index in [1.54, 1.807) is 49.5 Å². The van der Waals surface area contributed by atoms with Gasteiger partial charge in [-0.1, -0.05) is 19.3 Å². The zero-order valence-corrected chi connectivity index (χ0v) is 15.5. The molecule has 0 aliphatic heterocycles. The molecular weight excluding hydrogens is 342 g/mol. The molecule has 2 N–H and O–H groups in total. The first-order valence-corrected chi connectivity index (χ1v) is 9.47. The second-order valence-electron chi connectivity index (χ2n) is 6.66. The van der Waals surface area contributed by atoms with Crippen molar-refractivity contribution in [1.82, 2.24) is 10.3 Å². The number of aromatic nitrogens is 1. The Morgan fingerprint density at radius 3 is 2.52 bits per heavy atom. The number of hydrogen-bond acceptors (Lipinski definition) is 5. The summed E-state index contributed by atoms with van der Waals surface area (Å²) >= 11 is 0. The Hall–Kier alpha value is -2.89. The third kappa shape index (κ3) is 5.29. The molecule has 1 fully saturated rings. The standard InChI is InChI=1S/C21H25N3O3/c1-2-27-21(26)15-8-10-17(11-9-15)23-18-12-13-22-19(14-18)20(25)24-16-6-4-3-5-7-16/h8-14,16H,2-7H2,1H3,(H,22,23)(H,24,25). The summed E-state index contributed by atoms with van der Waals surface area (Å²) < 4.78 is 4.98. The lowest BCUT2D eigenvalue weighted by Gasteiger charge is -2.22. The van der Waals surface area contributed by atoms with Gasteiger partial charge in [0.25, 0.3) is 5.91 Å². The second-order valence-corrected chi connectivity index (χ2v) is 6.66. The van der Waals surface area contributed by atoms with Crippen LogP contribution in [0.2, 0.25) is 0 Å². The first kappa shape index (κ1) is 18.9. The summed E-state index contributed by atoms with van der Waals surface area (Å²) in [6.45, 7) is 2.13. The zero-order valence-electron chi connectivity index (χ0n) is 15.5. The van der Waals surface area contributed by atoms with Crippen LogP contribution in [0.25, 0.3) is 0 Å². The van der Waals surface area contributed by atoms with Gasteiger partial charge < -0.3 is 15.4 Å². The molecule has 1 amide bonds. The molecule has 1 heterocycles. The third-order valence-electron chi connectivity index (χ3n) is 4.62. The molecule has 2 aromatic rings. The number of anilines is 2. The van der Waals surface area contributed by atoms with Crippen LogP contribution in [0.3, 0.4) is 0 Å². The Morgan fingerprint density at radius 1 is 1.07 bits per heavy atom. The van der Waals surface area contributed by atoms with Crippen molar-refractivity contribution in [3.05, 3.63) is 53.9 Å². The van der Waals surface area contributed by atoms with Gasteiger partial charge >= 0.3 is 5.97 Å². The molecule has 0 spiro atoms. The van der Waals surface area contributed by atoms with Crippen molar-refractivity contribution in [3.8, 4) is 0 Å². The number of nitrogens with one attached hydrogen (secondary N) is 2. The number of pyridine rings is 1. The summed E-state index contributed by atoms with van der Waals surface area (Å²) in [4.78, 5) is 28.3. The van der Waals surface area contributed by atoms with Crippen LogP contribution in [0, 0.1) is 0 Å². The van der Waals surface area contributed by atoms with Crippen molar-refractivity contribution < 1.29 is 14.3 Å². The van der Waals surface area contributed by atoms with E-state index < -0.39 is 0 Å². The summed E-state index contributed by atoms with van der Waals surface area (Å²) in [5.41, 5.74) is 2.48. The van der Waals surface area contributed by atoms with Crippen LogP contribution < -0.4 is 10.6 Å². The SMILES string of the molecule is CCOC(=O)c1ccc(Nc2ccnc(C(=O)NC3CCCCC3)c2)cc1. The highest BCUT2D eigenvalue weighted by Crippen LogP contribution is 2.20. The van der Waals surface area contributed by atoms with E-state index in [-0.39, 0.29) is 17.9 Å². The Labute approximate surface area is 159 Å². The Morgan fingerprint density at radius 2 is 1.81 bits per heavy atom. The number of benzene rings is 1. The highest BCUT2D eigenvalue weighted by atomic mass is 16.5. The van der Waals surface area contributed by atoms with Crippen molar-refractivity contribution in [3.63, 3.8) is 0 Å². The van der Waals surface area contributed by atoms with Crippen LogP contribution in [0.15, 0.2) is 42.6 Å². The van der Waals surface area contributed by atoms with Gasteiger partial charge in [-0.3, -0.25) is 9.78 Å². The fraction of sp³-hybridized carbons (Fsp3) is 0.381. The third-order valence-corrected chi connectivity index (χ3v) is 4.62. The summed E-state index contributed by atoms with van der Waals surface area (Å²) in [6.07, 6.45) is 7.28. The fourth-order valence-corrected chi connectivity index (χ4v) is 3.21. The van der Waals surface area contributed by atoms with Gasteiger partial charge in [0.05, 0.1) is 12.2 Å². The summed E-state index contributed by atoms with van der Waals surface area (Å²) in [5.74, 6) is -0.474. The van der Waals surface area contributed by atoms with E-state index in [1.807, 2.05) is 0 Å².